The van der Waals surface area contributed by atoms with Crippen LogP contribution in [-0.4, -0.2) is 23.2 Å². The Hall–Kier alpha value is -1.33. The molecule has 4 nitrogen and oxygen atoms in total. The molecule has 0 bridgehead atoms. The fraction of sp³-hybridized carbons (Fsp3) is 0.231. The predicted molar refractivity (Wildman–Crippen MR) is 75.9 cm³/mol. The van der Waals surface area contributed by atoms with Gasteiger partial charge in [-0.3, -0.25) is 0 Å². The molecule has 0 atom stereocenters. The third-order valence-corrected chi connectivity index (χ3v) is 3.46. The zero-order valence-corrected chi connectivity index (χ0v) is 12.5. The van der Waals surface area contributed by atoms with Crippen molar-refractivity contribution in [1.82, 2.24) is 9.97 Å². The van der Waals surface area contributed by atoms with Crippen LogP contribution in [0.15, 0.2) is 22.7 Å². The summed E-state index contributed by atoms with van der Waals surface area (Å²) in [6, 6.07) is 5.49. The number of halogens is 2. The number of nitrogens with zero attached hydrogens (tertiary/aromatic N) is 2. The van der Waals surface area contributed by atoms with Gasteiger partial charge in [0.15, 0.2) is 17.3 Å². The highest BCUT2D eigenvalue weighted by Gasteiger charge is 2.18. The van der Waals surface area contributed by atoms with Gasteiger partial charge in [-0.2, -0.15) is 0 Å². The topological polar surface area (TPSA) is 44.2 Å². The Labute approximate surface area is 123 Å². The molecule has 6 heteroatoms. The summed E-state index contributed by atoms with van der Waals surface area (Å²) in [6.07, 6.45) is 0. The largest absolute Gasteiger partial charge is 0.486 e. The quantitative estimate of drug-likeness (QED) is 0.743. The zero-order valence-electron chi connectivity index (χ0n) is 10.1. The van der Waals surface area contributed by atoms with Crippen molar-refractivity contribution in [3.8, 4) is 22.9 Å². The SMILES string of the molecule is Cc1cc(Cl)nc(-c2cc(Br)c3c(c2)OCCO3)n1. The lowest BCUT2D eigenvalue weighted by atomic mass is 10.1. The third kappa shape index (κ3) is 2.53. The summed E-state index contributed by atoms with van der Waals surface area (Å²) < 4.78 is 12.0. The second kappa shape index (κ2) is 4.98. The van der Waals surface area contributed by atoms with Gasteiger partial charge in [-0.25, -0.2) is 9.97 Å². The van der Waals surface area contributed by atoms with E-state index in [2.05, 4.69) is 25.9 Å². The average molecular weight is 342 g/mol. The van der Waals surface area contributed by atoms with Crippen LogP contribution in [0.5, 0.6) is 11.5 Å². The third-order valence-electron chi connectivity index (χ3n) is 2.68. The van der Waals surface area contributed by atoms with Gasteiger partial charge in [0, 0.05) is 11.3 Å². The van der Waals surface area contributed by atoms with Crippen molar-refractivity contribution in [2.75, 3.05) is 13.2 Å². The van der Waals surface area contributed by atoms with Crippen LogP contribution in [0.25, 0.3) is 11.4 Å². The van der Waals surface area contributed by atoms with Gasteiger partial charge in [0.25, 0.3) is 0 Å². The number of rotatable bonds is 1. The smallest absolute Gasteiger partial charge is 0.175 e. The summed E-state index contributed by atoms with van der Waals surface area (Å²) in [7, 11) is 0. The van der Waals surface area contributed by atoms with Gasteiger partial charge in [-0.1, -0.05) is 11.6 Å². The van der Waals surface area contributed by atoms with Crippen LogP contribution in [0, 0.1) is 6.92 Å². The Morgan fingerprint density at radius 1 is 1.16 bits per heavy atom. The van der Waals surface area contributed by atoms with Gasteiger partial charge < -0.3 is 9.47 Å². The lowest BCUT2D eigenvalue weighted by molar-refractivity contribution is 0.170. The van der Waals surface area contributed by atoms with E-state index in [9.17, 15) is 0 Å². The number of hydrogen-bond donors (Lipinski definition) is 0. The summed E-state index contributed by atoms with van der Waals surface area (Å²) in [5, 5.41) is 0.425. The molecule has 3 rings (SSSR count). The molecule has 0 radical (unpaired) electrons. The van der Waals surface area contributed by atoms with E-state index in [4.69, 9.17) is 21.1 Å². The van der Waals surface area contributed by atoms with Crippen LogP contribution in [-0.2, 0) is 0 Å². The monoisotopic (exact) mass is 340 g/mol. The maximum absolute atomic E-state index is 5.96. The van der Waals surface area contributed by atoms with Crippen LogP contribution in [0.3, 0.4) is 0 Å². The number of aryl methyl sites for hydroxylation is 1. The van der Waals surface area contributed by atoms with Crippen LogP contribution in [0.1, 0.15) is 5.69 Å². The van der Waals surface area contributed by atoms with Crippen molar-refractivity contribution >= 4 is 27.5 Å². The predicted octanol–water partition coefficient (Wildman–Crippen LogP) is 3.64. The van der Waals surface area contributed by atoms with Crippen LogP contribution in [0.4, 0.5) is 0 Å². The fourth-order valence-corrected chi connectivity index (χ4v) is 2.69. The minimum absolute atomic E-state index is 0.425. The summed E-state index contributed by atoms with van der Waals surface area (Å²) >= 11 is 9.44. The highest BCUT2D eigenvalue weighted by molar-refractivity contribution is 9.10. The molecule has 0 unspecified atom stereocenters. The van der Waals surface area contributed by atoms with E-state index in [1.165, 1.54) is 0 Å². The highest BCUT2D eigenvalue weighted by Crippen LogP contribution is 2.40. The first kappa shape index (κ1) is 12.7. The summed E-state index contributed by atoms with van der Waals surface area (Å²) in [4.78, 5) is 8.61. The first-order chi connectivity index (χ1) is 9.13. The Morgan fingerprint density at radius 2 is 1.95 bits per heavy atom. The molecule has 0 fully saturated rings. The molecule has 2 aromatic rings. The average Bonchev–Trinajstić information content (AvgIpc) is 2.37. The van der Waals surface area contributed by atoms with Gasteiger partial charge in [0.1, 0.15) is 18.4 Å². The Balaban J connectivity index is 2.12. The van der Waals surface area contributed by atoms with Crippen LogP contribution < -0.4 is 9.47 Å². The maximum atomic E-state index is 5.96. The van der Waals surface area contributed by atoms with Gasteiger partial charge in [0.05, 0.1) is 4.47 Å². The van der Waals surface area contributed by atoms with Crippen molar-refractivity contribution in [3.05, 3.63) is 33.5 Å². The molecule has 1 aromatic carbocycles. The molecule has 19 heavy (non-hydrogen) atoms. The number of aromatic nitrogens is 2. The minimum Gasteiger partial charge on any atom is -0.486 e. The minimum atomic E-state index is 0.425. The number of hydrogen-bond acceptors (Lipinski definition) is 4. The number of fused-ring (bicyclic) bond motifs is 1. The molecule has 2 heterocycles. The molecule has 0 aliphatic carbocycles. The zero-order chi connectivity index (χ0) is 13.4. The first-order valence-corrected chi connectivity index (χ1v) is 6.91. The molecule has 1 aromatic heterocycles. The molecule has 0 spiro atoms. The standard InChI is InChI=1S/C13H10BrClN2O2/c1-7-4-11(15)17-13(16-7)8-5-9(14)12-10(6-8)18-2-3-19-12/h4-6H,2-3H2,1H3. The second-order valence-corrected chi connectivity index (χ2v) is 5.38. The van der Waals surface area contributed by atoms with E-state index in [1.807, 2.05) is 19.1 Å². The molecular formula is C13H10BrClN2O2. The second-order valence-electron chi connectivity index (χ2n) is 4.14. The molecule has 0 saturated carbocycles. The highest BCUT2D eigenvalue weighted by atomic mass is 79.9. The van der Waals surface area contributed by atoms with Gasteiger partial charge >= 0.3 is 0 Å². The van der Waals surface area contributed by atoms with E-state index < -0.39 is 0 Å². The Kier molecular flexibility index (Phi) is 3.33. The maximum Gasteiger partial charge on any atom is 0.175 e. The summed E-state index contributed by atoms with van der Waals surface area (Å²) in [5.74, 6) is 1.98. The lowest BCUT2D eigenvalue weighted by Crippen LogP contribution is -2.15. The van der Waals surface area contributed by atoms with E-state index in [0.29, 0.717) is 35.7 Å². The normalized spacial score (nSPS) is 13.4. The van der Waals surface area contributed by atoms with Crippen LogP contribution >= 0.6 is 27.5 Å². The van der Waals surface area contributed by atoms with Crippen molar-refractivity contribution in [1.29, 1.82) is 0 Å². The van der Waals surface area contributed by atoms with Crippen molar-refractivity contribution in [3.63, 3.8) is 0 Å². The van der Waals surface area contributed by atoms with E-state index in [-0.39, 0.29) is 0 Å². The molecule has 0 amide bonds. The van der Waals surface area contributed by atoms with E-state index in [0.717, 1.165) is 15.7 Å². The lowest BCUT2D eigenvalue weighted by Gasteiger charge is -2.20. The molecule has 0 N–H and O–H groups in total. The van der Waals surface area contributed by atoms with Crippen molar-refractivity contribution in [2.45, 2.75) is 6.92 Å². The first-order valence-electron chi connectivity index (χ1n) is 5.74. The molecule has 98 valence electrons. The summed E-state index contributed by atoms with van der Waals surface area (Å²) in [5.41, 5.74) is 1.66. The van der Waals surface area contributed by atoms with Crippen molar-refractivity contribution in [2.24, 2.45) is 0 Å². The van der Waals surface area contributed by atoms with E-state index in [1.54, 1.807) is 6.07 Å². The van der Waals surface area contributed by atoms with Gasteiger partial charge in [-0.05, 0) is 41.1 Å². The molecule has 1 aliphatic rings. The summed E-state index contributed by atoms with van der Waals surface area (Å²) in [6.45, 7) is 2.97. The van der Waals surface area contributed by atoms with Crippen molar-refractivity contribution < 1.29 is 9.47 Å². The number of ether oxygens (including phenoxy) is 2. The Morgan fingerprint density at radius 3 is 2.74 bits per heavy atom. The number of benzene rings is 1. The van der Waals surface area contributed by atoms with E-state index >= 15 is 0 Å². The van der Waals surface area contributed by atoms with Gasteiger partial charge in [0.2, 0.25) is 0 Å². The van der Waals surface area contributed by atoms with Gasteiger partial charge in [-0.15, -0.1) is 0 Å². The molecule has 1 aliphatic heterocycles. The molecule has 0 saturated heterocycles. The molecular weight excluding hydrogens is 332 g/mol. The Bertz CT molecular complexity index is 629. The fourth-order valence-electron chi connectivity index (χ4n) is 1.90. The van der Waals surface area contributed by atoms with Crippen LogP contribution in [0.2, 0.25) is 5.15 Å².